The number of hydrogen-bond acceptors (Lipinski definition) is 2. The van der Waals surface area contributed by atoms with Crippen molar-refractivity contribution in [1.82, 2.24) is 5.32 Å². The molecule has 0 aliphatic rings. The average molecular weight is 319 g/mol. The standard InChI is InChI=1S/C11H14INO2/c1-15-10-4-2-9(3-5-10)6-7-13-11(14)8-12/h2-5H,6-8H2,1H3,(H,13,14). The summed E-state index contributed by atoms with van der Waals surface area (Å²) in [6, 6.07) is 7.87. The van der Waals surface area contributed by atoms with Gasteiger partial charge < -0.3 is 10.1 Å². The molecule has 0 bridgehead atoms. The Bertz CT molecular complexity index is 311. The van der Waals surface area contributed by atoms with E-state index in [2.05, 4.69) is 5.32 Å². The maximum absolute atomic E-state index is 11.0. The van der Waals surface area contributed by atoms with Gasteiger partial charge >= 0.3 is 0 Å². The van der Waals surface area contributed by atoms with Gasteiger partial charge in [0.1, 0.15) is 5.75 Å². The van der Waals surface area contributed by atoms with Crippen LogP contribution in [0.4, 0.5) is 0 Å². The van der Waals surface area contributed by atoms with Crippen molar-refractivity contribution < 1.29 is 9.53 Å². The third kappa shape index (κ3) is 4.51. The van der Waals surface area contributed by atoms with Crippen LogP contribution >= 0.6 is 22.6 Å². The van der Waals surface area contributed by atoms with Crippen LogP contribution in [-0.4, -0.2) is 24.0 Å². The van der Waals surface area contributed by atoms with E-state index in [1.54, 1.807) is 7.11 Å². The molecule has 0 unspecified atom stereocenters. The molecular formula is C11H14INO2. The second-order valence-electron chi connectivity index (χ2n) is 3.08. The molecule has 3 nitrogen and oxygen atoms in total. The molecule has 1 aromatic rings. The topological polar surface area (TPSA) is 38.3 Å². The summed E-state index contributed by atoms with van der Waals surface area (Å²) in [5, 5.41) is 2.83. The monoisotopic (exact) mass is 319 g/mol. The summed E-state index contributed by atoms with van der Waals surface area (Å²) >= 11 is 2.05. The lowest BCUT2D eigenvalue weighted by atomic mass is 10.1. The van der Waals surface area contributed by atoms with Crippen LogP contribution in [0.5, 0.6) is 5.75 Å². The summed E-state index contributed by atoms with van der Waals surface area (Å²) < 4.78 is 5.57. The van der Waals surface area contributed by atoms with Gasteiger partial charge in [-0.3, -0.25) is 4.79 Å². The Morgan fingerprint density at radius 1 is 1.40 bits per heavy atom. The number of amides is 1. The third-order valence-corrected chi connectivity index (χ3v) is 2.71. The summed E-state index contributed by atoms with van der Waals surface area (Å²) in [5.41, 5.74) is 1.20. The number of alkyl halides is 1. The van der Waals surface area contributed by atoms with Crippen molar-refractivity contribution in [3.05, 3.63) is 29.8 Å². The minimum atomic E-state index is 0.0871. The number of halogens is 1. The van der Waals surface area contributed by atoms with Crippen LogP contribution in [0, 0.1) is 0 Å². The molecule has 0 radical (unpaired) electrons. The number of rotatable bonds is 5. The molecule has 82 valence electrons. The van der Waals surface area contributed by atoms with Crippen molar-refractivity contribution in [2.45, 2.75) is 6.42 Å². The Morgan fingerprint density at radius 2 is 2.07 bits per heavy atom. The molecule has 0 saturated carbocycles. The Hall–Kier alpha value is -0.780. The minimum Gasteiger partial charge on any atom is -0.497 e. The molecule has 0 fully saturated rings. The molecule has 4 heteroatoms. The summed E-state index contributed by atoms with van der Waals surface area (Å²) in [6.45, 7) is 0.689. The predicted molar refractivity (Wildman–Crippen MR) is 68.6 cm³/mol. The summed E-state index contributed by atoms with van der Waals surface area (Å²) in [7, 11) is 1.65. The molecule has 1 aromatic carbocycles. The van der Waals surface area contributed by atoms with Gasteiger partial charge in [-0.1, -0.05) is 34.7 Å². The van der Waals surface area contributed by atoms with Gasteiger partial charge in [0, 0.05) is 6.54 Å². The van der Waals surface area contributed by atoms with Crippen LogP contribution in [0.15, 0.2) is 24.3 Å². The van der Waals surface area contributed by atoms with Gasteiger partial charge in [0.2, 0.25) is 5.91 Å². The Kier molecular flexibility index (Phi) is 5.45. The maximum Gasteiger partial charge on any atom is 0.229 e. The van der Waals surface area contributed by atoms with Crippen LogP contribution in [0.3, 0.4) is 0 Å². The lowest BCUT2D eigenvalue weighted by Gasteiger charge is -2.04. The molecule has 1 N–H and O–H groups in total. The first-order valence-electron chi connectivity index (χ1n) is 4.72. The zero-order chi connectivity index (χ0) is 11.1. The number of benzene rings is 1. The van der Waals surface area contributed by atoms with Crippen LogP contribution in [0.25, 0.3) is 0 Å². The van der Waals surface area contributed by atoms with E-state index in [-0.39, 0.29) is 5.91 Å². The number of hydrogen-bond donors (Lipinski definition) is 1. The fourth-order valence-electron chi connectivity index (χ4n) is 1.19. The first kappa shape index (κ1) is 12.3. The zero-order valence-electron chi connectivity index (χ0n) is 8.63. The summed E-state index contributed by atoms with van der Waals surface area (Å²) in [5.74, 6) is 0.944. The zero-order valence-corrected chi connectivity index (χ0v) is 10.8. The van der Waals surface area contributed by atoms with Gasteiger partial charge in [-0.15, -0.1) is 0 Å². The van der Waals surface area contributed by atoms with Crippen molar-refractivity contribution in [2.75, 3.05) is 18.1 Å². The number of carbonyl (C=O) groups is 1. The molecule has 0 saturated heterocycles. The molecule has 0 aromatic heterocycles. The first-order valence-corrected chi connectivity index (χ1v) is 6.24. The van der Waals surface area contributed by atoms with E-state index in [9.17, 15) is 4.79 Å². The number of carbonyl (C=O) groups excluding carboxylic acids is 1. The highest BCUT2D eigenvalue weighted by Crippen LogP contribution is 2.11. The molecule has 0 aliphatic heterocycles. The molecule has 0 spiro atoms. The van der Waals surface area contributed by atoms with Crippen LogP contribution in [0.1, 0.15) is 5.56 Å². The van der Waals surface area contributed by atoms with Gasteiger partial charge in [0.15, 0.2) is 0 Å². The normalized spacial score (nSPS) is 9.73. The summed E-state index contributed by atoms with van der Waals surface area (Å²) in [4.78, 5) is 11.0. The third-order valence-electron chi connectivity index (χ3n) is 2.02. The second kappa shape index (κ2) is 6.66. The molecule has 0 atom stereocenters. The fourth-order valence-corrected chi connectivity index (χ4v) is 1.46. The predicted octanol–water partition coefficient (Wildman–Crippen LogP) is 1.79. The maximum atomic E-state index is 11.0. The molecule has 0 aliphatic carbocycles. The lowest BCUT2D eigenvalue weighted by molar-refractivity contribution is -0.118. The van der Waals surface area contributed by atoms with Crippen molar-refractivity contribution in [3.8, 4) is 5.75 Å². The Morgan fingerprint density at radius 3 is 2.60 bits per heavy atom. The molecule has 1 rings (SSSR count). The smallest absolute Gasteiger partial charge is 0.229 e. The van der Waals surface area contributed by atoms with Gasteiger partial charge in [0.25, 0.3) is 0 Å². The highest BCUT2D eigenvalue weighted by molar-refractivity contribution is 14.1. The van der Waals surface area contributed by atoms with Crippen molar-refractivity contribution in [2.24, 2.45) is 0 Å². The Labute approximate surface area is 103 Å². The SMILES string of the molecule is COc1ccc(CCNC(=O)CI)cc1. The van der Waals surface area contributed by atoms with Crippen LogP contribution < -0.4 is 10.1 Å². The van der Waals surface area contributed by atoms with E-state index < -0.39 is 0 Å². The van der Waals surface area contributed by atoms with E-state index >= 15 is 0 Å². The lowest BCUT2D eigenvalue weighted by Crippen LogP contribution is -2.26. The van der Waals surface area contributed by atoms with Crippen molar-refractivity contribution in [3.63, 3.8) is 0 Å². The molecule has 0 heterocycles. The van der Waals surface area contributed by atoms with E-state index in [1.807, 2.05) is 46.9 Å². The highest BCUT2D eigenvalue weighted by Gasteiger charge is 1.98. The average Bonchev–Trinajstić information content (AvgIpc) is 2.29. The first-order chi connectivity index (χ1) is 7.26. The van der Waals surface area contributed by atoms with Crippen molar-refractivity contribution in [1.29, 1.82) is 0 Å². The van der Waals surface area contributed by atoms with Crippen LogP contribution in [-0.2, 0) is 11.2 Å². The van der Waals surface area contributed by atoms with Gasteiger partial charge in [-0.05, 0) is 24.1 Å². The van der Waals surface area contributed by atoms with Crippen LogP contribution in [0.2, 0.25) is 0 Å². The quantitative estimate of drug-likeness (QED) is 0.664. The van der Waals surface area contributed by atoms with E-state index in [1.165, 1.54) is 5.56 Å². The van der Waals surface area contributed by atoms with E-state index in [0.717, 1.165) is 12.2 Å². The van der Waals surface area contributed by atoms with Gasteiger partial charge in [0.05, 0.1) is 11.5 Å². The largest absolute Gasteiger partial charge is 0.497 e. The summed E-state index contributed by atoms with van der Waals surface area (Å²) in [6.07, 6.45) is 0.854. The second-order valence-corrected chi connectivity index (χ2v) is 3.84. The van der Waals surface area contributed by atoms with Crippen molar-refractivity contribution >= 4 is 28.5 Å². The number of ether oxygens (including phenoxy) is 1. The Balaban J connectivity index is 2.34. The van der Waals surface area contributed by atoms with E-state index in [4.69, 9.17) is 4.74 Å². The number of methoxy groups -OCH3 is 1. The molecular weight excluding hydrogens is 305 g/mol. The number of nitrogens with one attached hydrogen (secondary N) is 1. The highest BCUT2D eigenvalue weighted by atomic mass is 127. The molecule has 1 amide bonds. The van der Waals surface area contributed by atoms with Gasteiger partial charge in [-0.25, -0.2) is 0 Å². The molecule has 15 heavy (non-hydrogen) atoms. The minimum absolute atomic E-state index is 0.0871. The fraction of sp³-hybridized carbons (Fsp3) is 0.364. The van der Waals surface area contributed by atoms with Gasteiger partial charge in [-0.2, -0.15) is 0 Å². The van der Waals surface area contributed by atoms with E-state index in [0.29, 0.717) is 11.0 Å².